The van der Waals surface area contributed by atoms with Crippen molar-refractivity contribution in [3.05, 3.63) is 88.2 Å². The molecule has 1 amide bonds. The van der Waals surface area contributed by atoms with Crippen LogP contribution >= 0.6 is 22.9 Å². The number of benzene rings is 3. The van der Waals surface area contributed by atoms with E-state index in [0.29, 0.717) is 40.0 Å². The van der Waals surface area contributed by atoms with Crippen molar-refractivity contribution in [2.45, 2.75) is 6.04 Å². The van der Waals surface area contributed by atoms with Crippen LogP contribution in [0.3, 0.4) is 0 Å². The molecule has 1 fully saturated rings. The van der Waals surface area contributed by atoms with Crippen LogP contribution in [0.1, 0.15) is 17.2 Å². The van der Waals surface area contributed by atoms with Gasteiger partial charge in [-0.3, -0.25) is 14.5 Å². The molecule has 6 rings (SSSR count). The second-order valence-corrected chi connectivity index (χ2v) is 9.60. The molecule has 4 aromatic rings. The van der Waals surface area contributed by atoms with Gasteiger partial charge >= 0.3 is 5.91 Å². The molecular weight excluding hydrogens is 507 g/mol. The van der Waals surface area contributed by atoms with Crippen LogP contribution in [0.5, 0.6) is 11.5 Å². The van der Waals surface area contributed by atoms with Crippen molar-refractivity contribution in [3.63, 3.8) is 0 Å². The molecule has 1 aromatic heterocycles. The molecule has 3 aromatic carbocycles. The van der Waals surface area contributed by atoms with E-state index in [2.05, 4.69) is 4.98 Å². The number of aliphatic hydroxyl groups excluding tert-OH is 1. The van der Waals surface area contributed by atoms with Gasteiger partial charge in [0.2, 0.25) is 0 Å². The highest BCUT2D eigenvalue weighted by Crippen LogP contribution is 2.45. The molecule has 1 unspecified atom stereocenters. The van der Waals surface area contributed by atoms with E-state index >= 15 is 4.39 Å². The SMILES string of the molecule is O=C1C(=O)N(c2nc3ccc(Cl)cc3s2)C(c2ccccc2F)C1=C(O)c1ccc2c(c1)OCCO2. The molecule has 7 nitrogen and oxygen atoms in total. The lowest BCUT2D eigenvalue weighted by Crippen LogP contribution is -2.29. The van der Waals surface area contributed by atoms with Gasteiger partial charge in [-0.25, -0.2) is 9.37 Å². The zero-order chi connectivity index (χ0) is 25.0. The lowest BCUT2D eigenvalue weighted by atomic mass is 9.95. The number of halogens is 2. The number of amides is 1. The summed E-state index contributed by atoms with van der Waals surface area (Å²) in [6.07, 6.45) is 0. The molecule has 1 saturated heterocycles. The molecule has 180 valence electrons. The van der Waals surface area contributed by atoms with Gasteiger partial charge in [0.1, 0.15) is 30.8 Å². The largest absolute Gasteiger partial charge is 0.507 e. The third kappa shape index (κ3) is 3.59. The maximum absolute atomic E-state index is 15.1. The molecule has 0 bridgehead atoms. The van der Waals surface area contributed by atoms with Crippen LogP contribution in [0.2, 0.25) is 5.02 Å². The van der Waals surface area contributed by atoms with Gasteiger partial charge in [0.05, 0.1) is 15.8 Å². The van der Waals surface area contributed by atoms with Gasteiger partial charge < -0.3 is 14.6 Å². The molecule has 0 spiro atoms. The van der Waals surface area contributed by atoms with Crippen LogP contribution in [0.4, 0.5) is 9.52 Å². The molecule has 2 aliphatic rings. The van der Waals surface area contributed by atoms with Gasteiger partial charge in [-0.15, -0.1) is 0 Å². The van der Waals surface area contributed by atoms with Gasteiger partial charge in [-0.05, 0) is 42.5 Å². The number of thiazole rings is 1. The van der Waals surface area contributed by atoms with E-state index in [-0.39, 0.29) is 21.8 Å². The Bertz CT molecular complexity index is 1600. The smallest absolute Gasteiger partial charge is 0.301 e. The number of ether oxygens (including phenoxy) is 2. The van der Waals surface area contributed by atoms with E-state index in [1.54, 1.807) is 36.4 Å². The maximum Gasteiger partial charge on any atom is 0.301 e. The van der Waals surface area contributed by atoms with Gasteiger partial charge in [0.25, 0.3) is 5.78 Å². The minimum Gasteiger partial charge on any atom is -0.507 e. The summed E-state index contributed by atoms with van der Waals surface area (Å²) in [5.74, 6) is -2.07. The average Bonchev–Trinajstić information content (AvgIpc) is 3.41. The number of carbonyl (C=O) groups is 2. The predicted molar refractivity (Wildman–Crippen MR) is 133 cm³/mol. The molecule has 10 heteroatoms. The van der Waals surface area contributed by atoms with Crippen LogP contribution in [-0.4, -0.2) is 35.0 Å². The monoisotopic (exact) mass is 522 g/mol. The first kappa shape index (κ1) is 22.5. The normalized spacial score (nSPS) is 18.7. The first-order valence-corrected chi connectivity index (χ1v) is 12.1. The Labute approximate surface area is 213 Å². The first-order valence-electron chi connectivity index (χ1n) is 10.9. The summed E-state index contributed by atoms with van der Waals surface area (Å²) < 4.78 is 26.9. The van der Waals surface area contributed by atoms with E-state index < -0.39 is 29.3 Å². The van der Waals surface area contributed by atoms with Gasteiger partial charge in [0, 0.05) is 16.1 Å². The van der Waals surface area contributed by atoms with Crippen LogP contribution in [0.25, 0.3) is 16.0 Å². The molecule has 2 aliphatic heterocycles. The number of fused-ring (bicyclic) bond motifs is 2. The van der Waals surface area contributed by atoms with E-state index in [0.717, 1.165) is 16.2 Å². The van der Waals surface area contributed by atoms with E-state index in [4.69, 9.17) is 21.1 Å². The number of hydrogen-bond acceptors (Lipinski definition) is 7. The minimum atomic E-state index is -1.24. The molecule has 1 atom stereocenters. The van der Waals surface area contributed by atoms with Crippen LogP contribution in [0.15, 0.2) is 66.2 Å². The number of hydrogen-bond donors (Lipinski definition) is 1. The Morgan fingerprint density at radius 2 is 1.83 bits per heavy atom. The molecule has 1 N–H and O–H groups in total. The second kappa shape index (κ2) is 8.61. The Morgan fingerprint density at radius 3 is 2.64 bits per heavy atom. The summed E-state index contributed by atoms with van der Waals surface area (Å²) in [5.41, 5.74) is 0.599. The van der Waals surface area contributed by atoms with Crippen LogP contribution in [0, 0.1) is 5.82 Å². The summed E-state index contributed by atoms with van der Waals surface area (Å²) in [5, 5.41) is 12.0. The summed E-state index contributed by atoms with van der Waals surface area (Å²) in [4.78, 5) is 32.3. The minimum absolute atomic E-state index is 0.0491. The third-order valence-corrected chi connectivity index (χ3v) is 7.26. The van der Waals surface area contributed by atoms with Crippen LogP contribution in [-0.2, 0) is 9.59 Å². The Balaban J connectivity index is 1.55. The van der Waals surface area contributed by atoms with Crippen molar-refractivity contribution < 1.29 is 28.6 Å². The fourth-order valence-electron chi connectivity index (χ4n) is 4.36. The van der Waals surface area contributed by atoms with Gasteiger partial charge in [-0.1, -0.05) is 41.1 Å². The standard InChI is InChI=1S/C26H16ClFN2O5S/c27-14-6-7-17-20(12-14)36-26(29-17)30-22(15-3-1-2-4-16(15)28)21(24(32)25(30)33)23(31)13-5-8-18-19(11-13)35-10-9-34-18/h1-8,11-12,22,31H,9-10H2. The van der Waals surface area contributed by atoms with E-state index in [1.165, 1.54) is 24.3 Å². The predicted octanol–water partition coefficient (Wildman–Crippen LogP) is 5.49. The maximum atomic E-state index is 15.1. The first-order chi connectivity index (χ1) is 17.4. The highest BCUT2D eigenvalue weighted by molar-refractivity contribution is 7.22. The number of nitrogens with zero attached hydrogens (tertiary/aromatic N) is 2. The Hall–Kier alpha value is -3.95. The van der Waals surface area contributed by atoms with Crippen molar-refractivity contribution in [1.82, 2.24) is 4.98 Å². The number of rotatable bonds is 3. The second-order valence-electron chi connectivity index (χ2n) is 8.16. The average molecular weight is 523 g/mol. The summed E-state index contributed by atoms with van der Waals surface area (Å²) in [6, 6.07) is 14.3. The van der Waals surface area contributed by atoms with E-state index in [1.807, 2.05) is 0 Å². The molecule has 0 saturated carbocycles. The zero-order valence-electron chi connectivity index (χ0n) is 18.4. The van der Waals surface area contributed by atoms with Crippen molar-refractivity contribution in [2.24, 2.45) is 0 Å². The van der Waals surface area contributed by atoms with Crippen molar-refractivity contribution >= 4 is 55.7 Å². The Kier molecular flexibility index (Phi) is 5.39. The number of anilines is 1. The molecule has 36 heavy (non-hydrogen) atoms. The Morgan fingerprint density at radius 1 is 1.06 bits per heavy atom. The molecular formula is C26H16ClFN2O5S. The highest BCUT2D eigenvalue weighted by Gasteiger charge is 2.49. The topological polar surface area (TPSA) is 89.0 Å². The fourth-order valence-corrected chi connectivity index (χ4v) is 5.62. The highest BCUT2D eigenvalue weighted by atomic mass is 35.5. The van der Waals surface area contributed by atoms with Crippen molar-refractivity contribution in [2.75, 3.05) is 18.1 Å². The third-order valence-electron chi connectivity index (χ3n) is 6.01. The van der Waals surface area contributed by atoms with E-state index in [9.17, 15) is 14.7 Å². The number of ketones is 1. The summed E-state index contributed by atoms with van der Waals surface area (Å²) in [6.45, 7) is 0.725. The molecule has 0 aliphatic carbocycles. The van der Waals surface area contributed by atoms with Crippen molar-refractivity contribution in [3.8, 4) is 11.5 Å². The number of carbonyl (C=O) groups excluding carboxylic acids is 2. The van der Waals surface area contributed by atoms with Gasteiger partial charge in [-0.2, -0.15) is 0 Å². The molecule has 0 radical (unpaired) electrons. The summed E-state index contributed by atoms with van der Waals surface area (Å²) >= 11 is 7.24. The van der Waals surface area contributed by atoms with Gasteiger partial charge in [0.15, 0.2) is 16.6 Å². The van der Waals surface area contributed by atoms with Crippen molar-refractivity contribution in [1.29, 1.82) is 0 Å². The molecule has 3 heterocycles. The summed E-state index contributed by atoms with van der Waals surface area (Å²) in [7, 11) is 0. The number of Topliss-reactive ketones (excluding diaryl/α,β-unsaturated/α-hetero) is 1. The van der Waals surface area contributed by atoms with Crippen LogP contribution < -0.4 is 14.4 Å². The fraction of sp³-hybridized carbons (Fsp3) is 0.115. The lowest BCUT2D eigenvalue weighted by Gasteiger charge is -2.23. The zero-order valence-corrected chi connectivity index (χ0v) is 20.0. The lowest BCUT2D eigenvalue weighted by molar-refractivity contribution is -0.132. The number of aromatic nitrogens is 1. The number of aliphatic hydroxyl groups is 1. The quantitative estimate of drug-likeness (QED) is 0.217.